The fourth-order valence-corrected chi connectivity index (χ4v) is 4.77. The number of ether oxygens (including phenoxy) is 2. The summed E-state index contributed by atoms with van der Waals surface area (Å²) in [7, 11) is 3.40. The molecule has 0 aliphatic carbocycles. The van der Waals surface area contributed by atoms with Crippen LogP contribution in [-0.2, 0) is 30.7 Å². The molecule has 3 heterocycles. The lowest BCUT2D eigenvalue weighted by Crippen LogP contribution is -2.33. The minimum absolute atomic E-state index is 0.207. The van der Waals surface area contributed by atoms with Crippen molar-refractivity contribution in [1.29, 1.82) is 0 Å². The van der Waals surface area contributed by atoms with Crippen molar-refractivity contribution < 1.29 is 14.3 Å². The Bertz CT molecular complexity index is 1290. The maximum atomic E-state index is 11.8. The number of methoxy groups -OCH3 is 1. The second kappa shape index (κ2) is 9.35. The van der Waals surface area contributed by atoms with Crippen LogP contribution in [0.3, 0.4) is 0 Å². The van der Waals surface area contributed by atoms with Crippen molar-refractivity contribution >= 4 is 12.2 Å². The lowest BCUT2D eigenvalue weighted by molar-refractivity contribution is 0.0535. The number of rotatable bonds is 6. The number of carbonyl (C=O) groups excluding carboxylic acids is 1. The highest BCUT2D eigenvalue weighted by Crippen LogP contribution is 2.28. The smallest absolute Gasteiger partial charge is 0.338 e. The molecule has 2 aliphatic heterocycles. The molecule has 0 saturated heterocycles. The van der Waals surface area contributed by atoms with Crippen molar-refractivity contribution in [3.05, 3.63) is 75.6 Å². The second-order valence-corrected chi connectivity index (χ2v) is 8.74. The summed E-state index contributed by atoms with van der Waals surface area (Å²) in [4.78, 5) is 27.9. The van der Waals surface area contributed by atoms with Gasteiger partial charge < -0.3 is 9.47 Å². The number of aliphatic imine (C=N–C) groups is 1. The molecule has 0 N–H and O–H groups in total. The summed E-state index contributed by atoms with van der Waals surface area (Å²) in [6.07, 6.45) is 5.59. The Balaban J connectivity index is 1.28. The molecular formula is C27H28N4O3. The molecule has 3 aromatic rings. The molecule has 0 fully saturated rings. The maximum absolute atomic E-state index is 11.8. The van der Waals surface area contributed by atoms with E-state index >= 15 is 0 Å². The van der Waals surface area contributed by atoms with E-state index in [-0.39, 0.29) is 5.97 Å². The van der Waals surface area contributed by atoms with E-state index in [9.17, 15) is 4.79 Å². The van der Waals surface area contributed by atoms with Gasteiger partial charge in [0.25, 0.3) is 0 Å². The normalized spacial score (nSPS) is 15.3. The Morgan fingerprint density at radius 2 is 2.15 bits per heavy atom. The number of cyclic esters (lactones) is 1. The average Bonchev–Trinajstić information content (AvgIpc) is 3.24. The monoisotopic (exact) mass is 456 g/mol. The van der Waals surface area contributed by atoms with Crippen LogP contribution in [0.25, 0.3) is 11.4 Å². The fraction of sp³-hybridized carbons (Fsp3) is 0.333. The van der Waals surface area contributed by atoms with Crippen LogP contribution in [0.5, 0.6) is 5.75 Å². The van der Waals surface area contributed by atoms with Gasteiger partial charge in [-0.3, -0.25) is 9.89 Å². The third-order valence-electron chi connectivity index (χ3n) is 6.74. The molecule has 0 bridgehead atoms. The molecule has 0 spiro atoms. The lowest BCUT2D eigenvalue weighted by Gasteiger charge is -2.28. The Kier molecular flexibility index (Phi) is 6.11. The zero-order valence-corrected chi connectivity index (χ0v) is 19.8. The Labute approximate surface area is 199 Å². The van der Waals surface area contributed by atoms with Crippen LogP contribution in [0.2, 0.25) is 0 Å². The van der Waals surface area contributed by atoms with Gasteiger partial charge in [0, 0.05) is 67.8 Å². The van der Waals surface area contributed by atoms with Crippen molar-refractivity contribution in [2.45, 2.75) is 32.9 Å². The molecule has 7 nitrogen and oxygen atoms in total. The van der Waals surface area contributed by atoms with E-state index in [4.69, 9.17) is 14.5 Å². The predicted octanol–water partition coefficient (Wildman–Crippen LogP) is 3.78. The highest BCUT2D eigenvalue weighted by Gasteiger charge is 2.24. The van der Waals surface area contributed by atoms with Crippen molar-refractivity contribution in [1.82, 2.24) is 14.9 Å². The number of fused-ring (bicyclic) bond motifs is 2. The van der Waals surface area contributed by atoms with Gasteiger partial charge in [0.05, 0.1) is 18.4 Å². The van der Waals surface area contributed by atoms with Gasteiger partial charge in [0.15, 0.2) is 5.82 Å². The molecule has 5 rings (SSSR count). The number of esters is 1. The fourth-order valence-electron chi connectivity index (χ4n) is 4.77. The molecule has 0 amide bonds. The molecule has 0 unspecified atom stereocenters. The van der Waals surface area contributed by atoms with Crippen molar-refractivity contribution in [3.63, 3.8) is 0 Å². The van der Waals surface area contributed by atoms with Crippen molar-refractivity contribution in [2.24, 2.45) is 4.99 Å². The van der Waals surface area contributed by atoms with Gasteiger partial charge >= 0.3 is 5.97 Å². The first-order valence-electron chi connectivity index (χ1n) is 11.5. The zero-order valence-electron chi connectivity index (χ0n) is 19.8. The third-order valence-corrected chi connectivity index (χ3v) is 6.74. The summed E-state index contributed by atoms with van der Waals surface area (Å²) >= 11 is 0. The number of benzene rings is 2. The Morgan fingerprint density at radius 3 is 2.97 bits per heavy atom. The molecule has 174 valence electrons. The minimum Gasteiger partial charge on any atom is -0.496 e. The van der Waals surface area contributed by atoms with Gasteiger partial charge in [-0.25, -0.2) is 14.8 Å². The second-order valence-electron chi connectivity index (χ2n) is 8.74. The summed E-state index contributed by atoms with van der Waals surface area (Å²) in [5, 5.41) is 0. The third kappa shape index (κ3) is 4.19. The molecule has 7 heteroatoms. The molecule has 0 saturated carbocycles. The summed E-state index contributed by atoms with van der Waals surface area (Å²) in [5.74, 6) is 1.30. The van der Waals surface area contributed by atoms with E-state index in [0.29, 0.717) is 12.2 Å². The topological polar surface area (TPSA) is 76.9 Å². The number of nitrogens with zero attached hydrogens (tertiary/aromatic N) is 4. The van der Waals surface area contributed by atoms with E-state index in [0.717, 1.165) is 66.4 Å². The highest BCUT2D eigenvalue weighted by molar-refractivity contribution is 5.94. The quantitative estimate of drug-likeness (QED) is 0.415. The van der Waals surface area contributed by atoms with E-state index in [1.807, 2.05) is 30.5 Å². The van der Waals surface area contributed by atoms with Gasteiger partial charge in [0.1, 0.15) is 12.4 Å². The van der Waals surface area contributed by atoms with Gasteiger partial charge in [-0.05, 0) is 48.7 Å². The van der Waals surface area contributed by atoms with E-state index in [1.54, 1.807) is 20.4 Å². The van der Waals surface area contributed by atoms with Gasteiger partial charge in [-0.15, -0.1) is 0 Å². The van der Waals surface area contributed by atoms with Crippen LogP contribution >= 0.6 is 0 Å². The summed E-state index contributed by atoms with van der Waals surface area (Å²) in [5.41, 5.74) is 8.38. The Hall–Kier alpha value is -3.58. The van der Waals surface area contributed by atoms with E-state index in [1.165, 1.54) is 16.7 Å². The van der Waals surface area contributed by atoms with Crippen LogP contribution < -0.4 is 4.74 Å². The SMILES string of the molecule is CN=Cc1cc(-c2ncc3c(n2)CCN(CCc2ccc4c(c2C)COC4=O)C3)ccc1OC. The number of carbonyl (C=O) groups is 1. The van der Waals surface area contributed by atoms with Crippen molar-refractivity contribution in [3.8, 4) is 17.1 Å². The molecule has 34 heavy (non-hydrogen) atoms. The molecule has 0 radical (unpaired) electrons. The zero-order chi connectivity index (χ0) is 23.7. The minimum atomic E-state index is -0.207. The van der Waals surface area contributed by atoms with Gasteiger partial charge in [-0.1, -0.05) is 6.07 Å². The first-order valence-corrected chi connectivity index (χ1v) is 11.5. The summed E-state index contributed by atoms with van der Waals surface area (Å²) in [6.45, 7) is 5.25. The van der Waals surface area contributed by atoms with Crippen LogP contribution in [-0.4, -0.2) is 54.3 Å². The van der Waals surface area contributed by atoms with Gasteiger partial charge in [0.2, 0.25) is 0 Å². The molecule has 2 aromatic carbocycles. The number of hydrogen-bond acceptors (Lipinski definition) is 7. The van der Waals surface area contributed by atoms with Crippen LogP contribution in [0.15, 0.2) is 41.5 Å². The predicted molar refractivity (Wildman–Crippen MR) is 131 cm³/mol. The first kappa shape index (κ1) is 22.2. The van der Waals surface area contributed by atoms with Gasteiger partial charge in [-0.2, -0.15) is 0 Å². The summed E-state index contributed by atoms with van der Waals surface area (Å²) in [6, 6.07) is 9.91. The first-order chi connectivity index (χ1) is 16.6. The van der Waals surface area contributed by atoms with E-state index < -0.39 is 0 Å². The lowest BCUT2D eigenvalue weighted by atomic mass is 9.96. The largest absolute Gasteiger partial charge is 0.496 e. The van der Waals surface area contributed by atoms with Crippen LogP contribution in [0.4, 0.5) is 0 Å². The number of aromatic nitrogens is 2. The molecule has 0 atom stereocenters. The standard InChI is InChI=1S/C27H28N4O3/c1-17-18(4-6-22-23(17)16-34-27(22)32)8-10-31-11-9-24-21(15-31)14-29-26(30-24)19-5-7-25(33-3)20(12-19)13-28-2/h4-7,12-14H,8-11,15-16H2,1-3H3. The highest BCUT2D eigenvalue weighted by atomic mass is 16.5. The van der Waals surface area contributed by atoms with Crippen LogP contribution in [0, 0.1) is 6.92 Å². The number of hydrogen-bond donors (Lipinski definition) is 0. The maximum Gasteiger partial charge on any atom is 0.338 e. The van der Waals surface area contributed by atoms with Crippen molar-refractivity contribution in [2.75, 3.05) is 27.2 Å². The average molecular weight is 457 g/mol. The molecule has 1 aromatic heterocycles. The van der Waals surface area contributed by atoms with E-state index in [2.05, 4.69) is 27.9 Å². The summed E-state index contributed by atoms with van der Waals surface area (Å²) < 4.78 is 10.6. The van der Waals surface area contributed by atoms with Crippen LogP contribution in [0.1, 0.15) is 43.9 Å². The Morgan fingerprint density at radius 1 is 1.26 bits per heavy atom. The molecular weight excluding hydrogens is 428 g/mol. The molecule has 2 aliphatic rings.